The lowest BCUT2D eigenvalue weighted by molar-refractivity contribution is -0.102. The van der Waals surface area contributed by atoms with Crippen molar-refractivity contribution < 1.29 is 14.3 Å². The molecule has 3 aromatic rings. The number of nitrogens with one attached hydrogen (secondary N) is 2. The van der Waals surface area contributed by atoms with Crippen molar-refractivity contribution in [1.82, 2.24) is 4.98 Å². The number of aromatic nitrogens is 1. The van der Waals surface area contributed by atoms with Gasteiger partial charge in [0.2, 0.25) is 5.13 Å². The fourth-order valence-electron chi connectivity index (χ4n) is 3.54. The van der Waals surface area contributed by atoms with E-state index in [1.807, 2.05) is 79.1 Å². The Morgan fingerprint density at radius 3 is 2.67 bits per heavy atom. The Balaban J connectivity index is 1.57. The first-order chi connectivity index (χ1) is 17.7. The normalized spacial score (nSPS) is 15.7. The highest BCUT2D eigenvalue weighted by Crippen LogP contribution is 2.29. The van der Waals surface area contributed by atoms with E-state index in [-0.39, 0.29) is 11.6 Å². The van der Waals surface area contributed by atoms with Gasteiger partial charge in [0, 0.05) is 16.9 Å². The van der Waals surface area contributed by atoms with E-state index in [4.69, 9.17) is 9.47 Å². The Morgan fingerprint density at radius 1 is 1.14 bits per heavy atom. The van der Waals surface area contributed by atoms with Crippen LogP contribution in [0, 0.1) is 0 Å². The smallest absolute Gasteiger partial charge is 0.203 e. The molecular weight excluding hydrogens is 474 g/mol. The van der Waals surface area contributed by atoms with E-state index in [0.717, 1.165) is 23.4 Å². The van der Waals surface area contributed by atoms with Crippen molar-refractivity contribution in [2.75, 3.05) is 24.6 Å². The first-order valence-electron chi connectivity index (χ1n) is 11.5. The molecule has 184 valence electrons. The van der Waals surface area contributed by atoms with Crippen LogP contribution >= 0.6 is 11.3 Å². The molecule has 1 heterocycles. The minimum Gasteiger partial charge on any atom is -0.497 e. The highest BCUT2D eigenvalue weighted by Gasteiger charge is 2.16. The number of carbonyl (C=O) groups is 1. The Labute approximate surface area is 214 Å². The van der Waals surface area contributed by atoms with Crippen molar-refractivity contribution in [1.29, 1.82) is 0 Å². The minimum atomic E-state index is 0.129. The van der Waals surface area contributed by atoms with Gasteiger partial charge >= 0.3 is 0 Å². The van der Waals surface area contributed by atoms with Crippen LogP contribution < -0.4 is 15.6 Å². The summed E-state index contributed by atoms with van der Waals surface area (Å²) in [5.41, 5.74) is 8.79. The minimum absolute atomic E-state index is 0.129. The van der Waals surface area contributed by atoms with E-state index in [1.54, 1.807) is 7.11 Å². The zero-order chi connectivity index (χ0) is 25.2. The van der Waals surface area contributed by atoms with Gasteiger partial charge in [-0.05, 0) is 37.6 Å². The van der Waals surface area contributed by atoms with Crippen LogP contribution in [0.5, 0.6) is 5.75 Å². The lowest BCUT2D eigenvalue weighted by Gasteiger charge is -2.13. The van der Waals surface area contributed by atoms with Crippen molar-refractivity contribution in [2.24, 2.45) is 10.2 Å². The van der Waals surface area contributed by atoms with E-state index in [1.165, 1.54) is 11.3 Å². The van der Waals surface area contributed by atoms with Crippen LogP contribution in [0.1, 0.15) is 30.5 Å². The molecule has 1 aliphatic rings. The topological polar surface area (TPSA) is 97.2 Å². The Bertz CT molecular complexity index is 1300. The number of aldehydes is 1. The summed E-state index contributed by atoms with van der Waals surface area (Å²) in [6.45, 7) is 2.42. The molecule has 2 aromatic carbocycles. The maximum Gasteiger partial charge on any atom is 0.203 e. The van der Waals surface area contributed by atoms with Crippen molar-refractivity contribution in [3.8, 4) is 5.75 Å². The Kier molecular flexibility index (Phi) is 8.61. The number of anilines is 2. The zero-order valence-electron chi connectivity index (χ0n) is 20.0. The largest absolute Gasteiger partial charge is 0.497 e. The number of hydrazone groups is 2. The predicted molar refractivity (Wildman–Crippen MR) is 145 cm³/mol. The molecular formula is C27H27N5O3S. The number of nitrogens with zero attached hydrogens (tertiary/aromatic N) is 3. The fraction of sp³-hybridized carbons (Fsp3) is 0.185. The Hall–Kier alpha value is -4.24. The van der Waals surface area contributed by atoms with Gasteiger partial charge in [0.15, 0.2) is 12.0 Å². The molecule has 0 spiro atoms. The molecule has 0 saturated heterocycles. The average Bonchev–Trinajstić information content (AvgIpc) is 3.41. The van der Waals surface area contributed by atoms with Gasteiger partial charge in [-0.1, -0.05) is 48.5 Å². The van der Waals surface area contributed by atoms with E-state index in [9.17, 15) is 4.79 Å². The second-order valence-electron chi connectivity index (χ2n) is 7.68. The average molecular weight is 502 g/mol. The number of carbonyl (C=O) groups excluding carboxylic acids is 1. The molecule has 1 aliphatic carbocycles. The van der Waals surface area contributed by atoms with Crippen molar-refractivity contribution in [3.63, 3.8) is 0 Å². The number of thiazole rings is 1. The SMILES string of the molecule is CCOc1ccccc1N/N=C(C=O)\C(=N/Nc1nc(C2C=CC(OC)=CC2)cs1)c1ccccc1. The summed E-state index contributed by atoms with van der Waals surface area (Å²) in [7, 11) is 1.66. The number of para-hydroxylation sites is 2. The molecule has 8 nitrogen and oxygen atoms in total. The number of methoxy groups -OCH3 is 1. The molecule has 1 unspecified atom stereocenters. The van der Waals surface area contributed by atoms with E-state index >= 15 is 0 Å². The highest BCUT2D eigenvalue weighted by molar-refractivity contribution is 7.13. The van der Waals surface area contributed by atoms with Crippen molar-refractivity contribution >= 4 is 39.9 Å². The summed E-state index contributed by atoms with van der Waals surface area (Å²) in [5, 5.41) is 11.5. The maximum absolute atomic E-state index is 12.1. The molecule has 0 amide bonds. The number of ether oxygens (including phenoxy) is 2. The summed E-state index contributed by atoms with van der Waals surface area (Å²) < 4.78 is 10.9. The van der Waals surface area contributed by atoms with Gasteiger partial charge in [0.05, 0.1) is 25.1 Å². The predicted octanol–water partition coefficient (Wildman–Crippen LogP) is 5.60. The van der Waals surface area contributed by atoms with Crippen LogP contribution in [0.3, 0.4) is 0 Å². The molecule has 0 saturated carbocycles. The molecule has 0 radical (unpaired) electrons. The monoisotopic (exact) mass is 501 g/mol. The molecule has 36 heavy (non-hydrogen) atoms. The van der Waals surface area contributed by atoms with E-state index in [0.29, 0.717) is 35.2 Å². The van der Waals surface area contributed by atoms with E-state index in [2.05, 4.69) is 32.1 Å². The Morgan fingerprint density at radius 2 is 1.94 bits per heavy atom. The first-order valence-corrected chi connectivity index (χ1v) is 12.4. The molecule has 9 heteroatoms. The maximum atomic E-state index is 12.1. The second-order valence-corrected chi connectivity index (χ2v) is 8.54. The van der Waals surface area contributed by atoms with Crippen LogP contribution in [0.2, 0.25) is 0 Å². The number of allylic oxidation sites excluding steroid dienone is 3. The third-order valence-corrected chi connectivity index (χ3v) is 6.12. The van der Waals surface area contributed by atoms with Gasteiger partial charge < -0.3 is 9.47 Å². The van der Waals surface area contributed by atoms with Gasteiger partial charge in [-0.15, -0.1) is 11.3 Å². The van der Waals surface area contributed by atoms with Gasteiger partial charge in [-0.2, -0.15) is 10.2 Å². The molecule has 2 N–H and O–H groups in total. The summed E-state index contributed by atoms with van der Waals surface area (Å²) in [6.07, 6.45) is 7.57. The van der Waals surface area contributed by atoms with Crippen LogP contribution in [0.4, 0.5) is 10.8 Å². The number of benzene rings is 2. The van der Waals surface area contributed by atoms with Gasteiger partial charge in [0.1, 0.15) is 17.2 Å². The third-order valence-electron chi connectivity index (χ3n) is 5.35. The molecule has 0 aliphatic heterocycles. The molecule has 0 bridgehead atoms. The van der Waals surface area contributed by atoms with Crippen molar-refractivity contribution in [3.05, 3.63) is 95.2 Å². The standard InChI is InChI=1S/C27H27N5O3S/c1-3-35-25-12-8-7-11-22(25)29-30-23(17-33)26(20-9-5-4-6-10-20)31-32-27-28-24(18-36-27)19-13-15-21(34-2)16-14-19/h4-13,15-19,29H,3,14H2,1-2H3,(H,28,32)/b30-23-,31-26-. The molecule has 1 atom stereocenters. The fourth-order valence-corrected chi connectivity index (χ4v) is 4.26. The summed E-state index contributed by atoms with van der Waals surface area (Å²) in [4.78, 5) is 16.8. The number of rotatable bonds is 11. The van der Waals surface area contributed by atoms with Crippen LogP contribution in [0.25, 0.3) is 0 Å². The van der Waals surface area contributed by atoms with Crippen LogP contribution in [0.15, 0.2) is 94.2 Å². The third kappa shape index (κ3) is 6.25. The summed E-state index contributed by atoms with van der Waals surface area (Å²) >= 11 is 1.45. The first kappa shape index (κ1) is 24.9. The van der Waals surface area contributed by atoms with Crippen LogP contribution in [-0.4, -0.2) is 36.4 Å². The quantitative estimate of drug-likeness (QED) is 0.202. The molecule has 4 rings (SSSR count). The summed E-state index contributed by atoms with van der Waals surface area (Å²) in [5.74, 6) is 1.68. The van der Waals surface area contributed by atoms with Gasteiger partial charge in [-0.25, -0.2) is 4.98 Å². The zero-order valence-corrected chi connectivity index (χ0v) is 20.9. The summed E-state index contributed by atoms with van der Waals surface area (Å²) in [6, 6.07) is 16.8. The number of hydrogen-bond donors (Lipinski definition) is 2. The van der Waals surface area contributed by atoms with E-state index < -0.39 is 0 Å². The van der Waals surface area contributed by atoms with Gasteiger partial charge in [0.25, 0.3) is 0 Å². The molecule has 0 fully saturated rings. The highest BCUT2D eigenvalue weighted by atomic mass is 32.1. The number of hydrogen-bond acceptors (Lipinski definition) is 9. The van der Waals surface area contributed by atoms with Gasteiger partial charge in [-0.3, -0.25) is 15.6 Å². The molecule has 1 aromatic heterocycles. The lowest BCUT2D eigenvalue weighted by atomic mass is 9.97. The second kappa shape index (κ2) is 12.5. The lowest BCUT2D eigenvalue weighted by Crippen LogP contribution is -2.20. The van der Waals surface area contributed by atoms with Crippen molar-refractivity contribution in [2.45, 2.75) is 19.3 Å². The van der Waals surface area contributed by atoms with Crippen LogP contribution in [-0.2, 0) is 9.53 Å².